The van der Waals surface area contributed by atoms with Crippen molar-refractivity contribution in [2.45, 2.75) is 60.0 Å². The summed E-state index contributed by atoms with van der Waals surface area (Å²) in [6.45, 7) is 13.1. The lowest BCUT2D eigenvalue weighted by Gasteiger charge is -2.38. The number of rotatable bonds is 7. The first-order valence-electron chi connectivity index (χ1n) is 10.9. The normalized spacial score (nSPS) is 18.0. The molecule has 0 fully saturated rings. The zero-order chi connectivity index (χ0) is 22.7. The number of thioether (sulfide) groups is 1. The maximum Gasteiger partial charge on any atom is 0.254 e. The van der Waals surface area contributed by atoms with Crippen LogP contribution in [0.5, 0.6) is 0 Å². The highest BCUT2D eigenvalue weighted by Crippen LogP contribution is 2.45. The number of nitrogens with zero attached hydrogens (tertiary/aromatic N) is 3. The van der Waals surface area contributed by atoms with Gasteiger partial charge < -0.3 is 15.1 Å². The van der Waals surface area contributed by atoms with E-state index in [1.165, 1.54) is 11.8 Å². The number of hydrogen-bond donors (Lipinski definition) is 1. The van der Waals surface area contributed by atoms with Crippen molar-refractivity contribution in [3.05, 3.63) is 57.8 Å². The van der Waals surface area contributed by atoms with Gasteiger partial charge in [0.1, 0.15) is 0 Å². The van der Waals surface area contributed by atoms with Gasteiger partial charge in [-0.3, -0.25) is 9.59 Å². The van der Waals surface area contributed by atoms with Gasteiger partial charge in [0, 0.05) is 24.8 Å². The fourth-order valence-corrected chi connectivity index (χ4v) is 4.89. The highest BCUT2D eigenvalue weighted by molar-refractivity contribution is 8.16. The summed E-state index contributed by atoms with van der Waals surface area (Å²) < 4.78 is 0. The minimum absolute atomic E-state index is 0.00115. The lowest BCUT2D eigenvalue weighted by atomic mass is 9.92. The second-order valence-corrected chi connectivity index (χ2v) is 9.02. The van der Waals surface area contributed by atoms with Crippen LogP contribution in [0.4, 0.5) is 0 Å². The molecule has 0 spiro atoms. The van der Waals surface area contributed by atoms with Crippen molar-refractivity contribution in [2.75, 3.05) is 13.1 Å². The average Bonchev–Trinajstić information content (AvgIpc) is 3.09. The van der Waals surface area contributed by atoms with Crippen molar-refractivity contribution < 1.29 is 9.59 Å². The number of benzene rings is 1. The highest BCUT2D eigenvalue weighted by Gasteiger charge is 2.41. The first kappa shape index (κ1) is 23.1. The Kier molecular flexibility index (Phi) is 7.26. The zero-order valence-corrected chi connectivity index (χ0v) is 20.0. The number of aliphatic imine (C=N–C) groups is 1. The van der Waals surface area contributed by atoms with Crippen LogP contribution in [-0.4, -0.2) is 45.9 Å². The van der Waals surface area contributed by atoms with Crippen LogP contribution in [0.25, 0.3) is 0 Å². The summed E-state index contributed by atoms with van der Waals surface area (Å²) in [7, 11) is 0. The SMILES string of the molecule is CCN(CC)C(=O)C1=C(C)N=C2SC=C(CC(=O)NC(C)C)N2C1c1ccc(C)cc1. The maximum atomic E-state index is 13.6. The third-order valence-corrected chi connectivity index (χ3v) is 6.35. The molecule has 7 heteroatoms. The summed E-state index contributed by atoms with van der Waals surface area (Å²) in [5.41, 5.74) is 4.46. The van der Waals surface area contributed by atoms with E-state index in [4.69, 9.17) is 4.99 Å². The number of hydrogen-bond acceptors (Lipinski definition) is 5. The number of aryl methyl sites for hydroxylation is 1. The maximum absolute atomic E-state index is 13.6. The predicted octanol–water partition coefficient (Wildman–Crippen LogP) is 4.35. The topological polar surface area (TPSA) is 65.0 Å². The molecule has 1 aromatic rings. The van der Waals surface area contributed by atoms with Crippen LogP contribution in [0.2, 0.25) is 0 Å². The Bertz CT molecular complexity index is 943. The quantitative estimate of drug-likeness (QED) is 0.684. The van der Waals surface area contributed by atoms with Crippen LogP contribution in [-0.2, 0) is 9.59 Å². The minimum atomic E-state index is -0.311. The van der Waals surface area contributed by atoms with E-state index in [1.807, 2.05) is 51.9 Å². The third-order valence-electron chi connectivity index (χ3n) is 5.47. The molecular weight excluding hydrogens is 408 g/mol. The molecule has 1 N–H and O–H groups in total. The number of likely N-dealkylation sites (N-methyl/N-ethyl adjacent to an activating group) is 1. The Balaban J connectivity index is 2.06. The molecule has 166 valence electrons. The van der Waals surface area contributed by atoms with Crippen molar-refractivity contribution in [1.82, 2.24) is 15.1 Å². The molecule has 0 radical (unpaired) electrons. The molecule has 1 unspecified atom stereocenters. The van der Waals surface area contributed by atoms with E-state index < -0.39 is 0 Å². The van der Waals surface area contributed by atoms with Crippen molar-refractivity contribution in [1.29, 1.82) is 0 Å². The summed E-state index contributed by atoms with van der Waals surface area (Å²) in [6.07, 6.45) is 0.248. The molecule has 0 bridgehead atoms. The van der Waals surface area contributed by atoms with Crippen LogP contribution >= 0.6 is 11.8 Å². The molecule has 31 heavy (non-hydrogen) atoms. The molecule has 2 aliphatic heterocycles. The van der Waals surface area contributed by atoms with Crippen molar-refractivity contribution in [2.24, 2.45) is 4.99 Å². The van der Waals surface area contributed by atoms with Gasteiger partial charge in [-0.2, -0.15) is 0 Å². The van der Waals surface area contributed by atoms with Crippen LogP contribution in [0, 0.1) is 6.92 Å². The van der Waals surface area contributed by atoms with Gasteiger partial charge in [0.05, 0.1) is 23.7 Å². The summed E-state index contributed by atoms with van der Waals surface area (Å²) in [4.78, 5) is 34.8. The molecule has 1 atom stereocenters. The number of carbonyl (C=O) groups excluding carboxylic acids is 2. The van der Waals surface area contributed by atoms with Crippen molar-refractivity contribution in [3.8, 4) is 0 Å². The van der Waals surface area contributed by atoms with Crippen LogP contribution in [0.15, 0.2) is 51.6 Å². The molecule has 1 aromatic carbocycles. The number of amides is 2. The number of amidine groups is 1. The number of nitrogens with one attached hydrogen (secondary N) is 1. The summed E-state index contributed by atoms with van der Waals surface area (Å²) in [6, 6.07) is 8.03. The molecule has 3 rings (SSSR count). The Labute approximate surface area is 189 Å². The standard InChI is InChI=1S/C24H32N4O2S/c1-7-27(8-2)23(30)21-17(6)26-24-28(22(21)18-11-9-16(5)10-12-18)19(14-31-24)13-20(29)25-15(3)4/h9-12,14-15,22H,7-8,13H2,1-6H3,(H,25,29). The van der Waals surface area contributed by atoms with Gasteiger partial charge in [0.25, 0.3) is 5.91 Å². The minimum Gasteiger partial charge on any atom is -0.354 e. The van der Waals surface area contributed by atoms with E-state index >= 15 is 0 Å². The molecular formula is C24H32N4O2S. The van der Waals surface area contributed by atoms with Gasteiger partial charge in [-0.25, -0.2) is 4.99 Å². The molecule has 0 aromatic heterocycles. The van der Waals surface area contributed by atoms with Crippen molar-refractivity contribution in [3.63, 3.8) is 0 Å². The fourth-order valence-electron chi connectivity index (χ4n) is 3.93. The number of carbonyl (C=O) groups is 2. The summed E-state index contributed by atoms with van der Waals surface area (Å²) >= 11 is 1.51. The third kappa shape index (κ3) is 4.87. The molecule has 2 amide bonds. The van der Waals surface area contributed by atoms with Crippen LogP contribution in [0.3, 0.4) is 0 Å². The predicted molar refractivity (Wildman–Crippen MR) is 127 cm³/mol. The zero-order valence-electron chi connectivity index (χ0n) is 19.2. The van der Waals surface area contributed by atoms with Gasteiger partial charge in [0.15, 0.2) is 5.17 Å². The lowest BCUT2D eigenvalue weighted by molar-refractivity contribution is -0.127. The number of fused-ring (bicyclic) bond motifs is 1. The van der Waals surface area contributed by atoms with E-state index in [-0.39, 0.29) is 30.3 Å². The summed E-state index contributed by atoms with van der Waals surface area (Å²) in [5.74, 6) is -0.0348. The Morgan fingerprint density at radius 3 is 2.39 bits per heavy atom. The van der Waals surface area contributed by atoms with E-state index in [0.717, 1.165) is 27.7 Å². The van der Waals surface area contributed by atoms with E-state index in [2.05, 4.69) is 34.5 Å². The molecule has 0 saturated carbocycles. The monoisotopic (exact) mass is 440 g/mol. The van der Waals surface area contributed by atoms with E-state index in [9.17, 15) is 9.59 Å². The van der Waals surface area contributed by atoms with Crippen LogP contribution < -0.4 is 5.32 Å². The van der Waals surface area contributed by atoms with E-state index in [0.29, 0.717) is 18.7 Å². The Morgan fingerprint density at radius 2 is 1.81 bits per heavy atom. The fraction of sp³-hybridized carbons (Fsp3) is 0.458. The molecule has 0 saturated heterocycles. The molecule has 2 heterocycles. The highest BCUT2D eigenvalue weighted by atomic mass is 32.2. The molecule has 0 aliphatic carbocycles. The smallest absolute Gasteiger partial charge is 0.254 e. The van der Waals surface area contributed by atoms with Crippen molar-refractivity contribution >= 4 is 28.7 Å². The van der Waals surface area contributed by atoms with Gasteiger partial charge in [0.2, 0.25) is 5.91 Å². The van der Waals surface area contributed by atoms with Gasteiger partial charge in [-0.1, -0.05) is 41.6 Å². The largest absolute Gasteiger partial charge is 0.354 e. The Hall–Kier alpha value is -2.54. The van der Waals surface area contributed by atoms with E-state index in [1.54, 1.807) is 0 Å². The summed E-state index contributed by atoms with van der Waals surface area (Å²) in [5, 5.41) is 5.76. The first-order valence-corrected chi connectivity index (χ1v) is 11.7. The molecule has 2 aliphatic rings. The molecule has 6 nitrogen and oxygen atoms in total. The lowest BCUT2D eigenvalue weighted by Crippen LogP contribution is -2.42. The van der Waals surface area contributed by atoms with Gasteiger partial charge in [-0.15, -0.1) is 0 Å². The average molecular weight is 441 g/mol. The van der Waals surface area contributed by atoms with Gasteiger partial charge >= 0.3 is 0 Å². The second-order valence-electron chi connectivity index (χ2n) is 8.18. The second kappa shape index (κ2) is 9.73. The Morgan fingerprint density at radius 1 is 1.16 bits per heavy atom. The first-order chi connectivity index (χ1) is 14.8. The number of allylic oxidation sites excluding steroid dienone is 1. The van der Waals surface area contributed by atoms with Crippen LogP contribution in [0.1, 0.15) is 58.2 Å². The van der Waals surface area contributed by atoms with Gasteiger partial charge in [-0.05, 0) is 52.5 Å².